The summed E-state index contributed by atoms with van der Waals surface area (Å²) in [6, 6.07) is 11.3. The molecule has 0 unspecified atom stereocenters. The number of nitrogens with zero attached hydrogens (tertiary/aromatic N) is 1. The Morgan fingerprint density at radius 1 is 1.04 bits per heavy atom. The zero-order chi connectivity index (χ0) is 20.1. The molecule has 28 heavy (non-hydrogen) atoms. The topological polar surface area (TPSA) is 75.7 Å². The van der Waals surface area contributed by atoms with Crippen LogP contribution < -0.4 is 9.46 Å². The highest BCUT2D eigenvalue weighted by molar-refractivity contribution is 9.10. The Kier molecular flexibility index (Phi) is 6.61. The van der Waals surface area contributed by atoms with Crippen molar-refractivity contribution < 1.29 is 17.9 Å². The van der Waals surface area contributed by atoms with Gasteiger partial charge in [0, 0.05) is 28.8 Å². The van der Waals surface area contributed by atoms with Crippen LogP contribution in [0.5, 0.6) is 5.75 Å². The molecule has 0 aliphatic carbocycles. The highest BCUT2D eigenvalue weighted by atomic mass is 79.9. The molecule has 2 aromatic rings. The van der Waals surface area contributed by atoms with Crippen molar-refractivity contribution in [1.29, 1.82) is 0 Å². The number of hydrogen-bond donors (Lipinski definition) is 1. The lowest BCUT2D eigenvalue weighted by Crippen LogP contribution is -2.32. The van der Waals surface area contributed by atoms with Gasteiger partial charge in [-0.2, -0.15) is 0 Å². The van der Waals surface area contributed by atoms with Gasteiger partial charge in [0.2, 0.25) is 0 Å². The first-order valence-electron chi connectivity index (χ1n) is 9.16. The molecule has 1 fully saturated rings. The Morgan fingerprint density at radius 3 is 2.29 bits per heavy atom. The first-order valence-corrected chi connectivity index (χ1v) is 11.4. The number of methoxy groups -OCH3 is 1. The van der Waals surface area contributed by atoms with E-state index in [1.165, 1.54) is 19.2 Å². The number of likely N-dealkylation sites (tertiary alicyclic amines) is 1. The Hall–Kier alpha value is -2.06. The van der Waals surface area contributed by atoms with E-state index in [0.29, 0.717) is 24.3 Å². The molecule has 6 nitrogen and oxygen atoms in total. The van der Waals surface area contributed by atoms with Gasteiger partial charge in [-0.25, -0.2) is 8.42 Å². The zero-order valence-corrected chi connectivity index (χ0v) is 18.1. The summed E-state index contributed by atoms with van der Waals surface area (Å²) in [5.74, 6) is 0.0432. The predicted octanol–water partition coefficient (Wildman–Crippen LogP) is 4.27. The number of nitrogens with one attached hydrogen (secondary N) is 1. The average molecular weight is 467 g/mol. The van der Waals surface area contributed by atoms with Crippen LogP contribution in [0.15, 0.2) is 51.8 Å². The molecule has 1 amide bonds. The summed E-state index contributed by atoms with van der Waals surface area (Å²) in [5, 5.41) is 0. The second kappa shape index (κ2) is 8.96. The molecule has 150 valence electrons. The number of rotatable bonds is 5. The van der Waals surface area contributed by atoms with Gasteiger partial charge in [0.05, 0.1) is 7.11 Å². The maximum absolute atomic E-state index is 12.9. The van der Waals surface area contributed by atoms with Crippen molar-refractivity contribution in [2.24, 2.45) is 0 Å². The van der Waals surface area contributed by atoms with Gasteiger partial charge in [0.25, 0.3) is 15.9 Å². The van der Waals surface area contributed by atoms with E-state index in [2.05, 4.69) is 20.7 Å². The van der Waals surface area contributed by atoms with E-state index in [4.69, 9.17) is 4.74 Å². The molecule has 0 atom stereocenters. The Balaban J connectivity index is 1.91. The number of carbonyl (C=O) groups excluding carboxylic acids is 1. The van der Waals surface area contributed by atoms with Gasteiger partial charge >= 0.3 is 0 Å². The van der Waals surface area contributed by atoms with E-state index in [-0.39, 0.29) is 16.6 Å². The average Bonchev–Trinajstić information content (AvgIpc) is 2.98. The van der Waals surface area contributed by atoms with Crippen LogP contribution in [0, 0.1) is 0 Å². The number of amides is 1. The SMILES string of the molecule is COc1ccc(C(=O)N2CCCCCC2)cc1S(=O)(=O)Nc1ccc(Br)cc1. The number of benzene rings is 2. The van der Waals surface area contributed by atoms with E-state index in [1.54, 1.807) is 35.2 Å². The van der Waals surface area contributed by atoms with E-state index < -0.39 is 10.0 Å². The van der Waals surface area contributed by atoms with Gasteiger partial charge in [-0.1, -0.05) is 28.8 Å². The van der Waals surface area contributed by atoms with Crippen molar-refractivity contribution in [3.8, 4) is 5.75 Å². The van der Waals surface area contributed by atoms with Crippen LogP contribution in [0.4, 0.5) is 5.69 Å². The monoisotopic (exact) mass is 466 g/mol. The van der Waals surface area contributed by atoms with Crippen LogP contribution in [-0.4, -0.2) is 39.4 Å². The number of ether oxygens (including phenoxy) is 1. The van der Waals surface area contributed by atoms with Crippen molar-refractivity contribution >= 4 is 37.5 Å². The molecule has 2 aromatic carbocycles. The largest absolute Gasteiger partial charge is 0.495 e. The first kappa shape index (κ1) is 20.7. The van der Waals surface area contributed by atoms with Crippen LogP contribution in [-0.2, 0) is 10.0 Å². The molecular formula is C20H23BrN2O4S. The normalized spacial score (nSPS) is 15.0. The first-order chi connectivity index (χ1) is 13.4. The lowest BCUT2D eigenvalue weighted by atomic mass is 10.2. The summed E-state index contributed by atoms with van der Waals surface area (Å²) in [7, 11) is -2.52. The van der Waals surface area contributed by atoms with Crippen molar-refractivity contribution in [1.82, 2.24) is 4.90 Å². The standard InChI is InChI=1S/C20H23BrN2O4S/c1-27-18-11-6-15(20(24)23-12-4-2-3-5-13-23)14-19(18)28(25,26)22-17-9-7-16(21)8-10-17/h6-11,14,22H,2-5,12-13H2,1H3. The van der Waals surface area contributed by atoms with Gasteiger partial charge in [-0.3, -0.25) is 9.52 Å². The Bertz CT molecular complexity index is 937. The number of anilines is 1. The predicted molar refractivity (Wildman–Crippen MR) is 112 cm³/mol. The third-order valence-corrected chi connectivity index (χ3v) is 6.62. The van der Waals surface area contributed by atoms with E-state index in [0.717, 1.165) is 30.2 Å². The van der Waals surface area contributed by atoms with Gasteiger partial charge in [-0.05, 0) is 55.3 Å². The quantitative estimate of drug-likeness (QED) is 0.713. The molecule has 0 saturated carbocycles. The summed E-state index contributed by atoms with van der Waals surface area (Å²) < 4.78 is 34.5. The maximum atomic E-state index is 12.9. The van der Waals surface area contributed by atoms with Crippen LogP contribution in [0.1, 0.15) is 36.0 Å². The minimum atomic E-state index is -3.92. The Labute approximate surface area is 174 Å². The van der Waals surface area contributed by atoms with Crippen molar-refractivity contribution in [2.75, 3.05) is 24.9 Å². The molecule has 1 aliphatic rings. The number of hydrogen-bond acceptors (Lipinski definition) is 4. The van der Waals surface area contributed by atoms with Gasteiger partial charge in [0.15, 0.2) is 0 Å². The molecule has 0 aromatic heterocycles. The number of sulfonamides is 1. The minimum Gasteiger partial charge on any atom is -0.495 e. The van der Waals surface area contributed by atoms with Crippen molar-refractivity contribution in [2.45, 2.75) is 30.6 Å². The molecule has 0 radical (unpaired) electrons. The lowest BCUT2D eigenvalue weighted by Gasteiger charge is -2.21. The summed E-state index contributed by atoms with van der Waals surface area (Å²) in [6.45, 7) is 1.40. The molecule has 0 bridgehead atoms. The summed E-state index contributed by atoms with van der Waals surface area (Å²) >= 11 is 3.32. The van der Waals surface area contributed by atoms with Crippen LogP contribution in [0.3, 0.4) is 0 Å². The molecule has 3 rings (SSSR count). The fraction of sp³-hybridized carbons (Fsp3) is 0.350. The molecule has 1 aliphatic heterocycles. The van der Waals surface area contributed by atoms with E-state index >= 15 is 0 Å². The van der Waals surface area contributed by atoms with Gasteiger partial charge in [0.1, 0.15) is 10.6 Å². The summed E-state index contributed by atoms with van der Waals surface area (Å²) in [4.78, 5) is 14.6. The highest BCUT2D eigenvalue weighted by Crippen LogP contribution is 2.28. The molecule has 1 saturated heterocycles. The second-order valence-electron chi connectivity index (χ2n) is 6.68. The van der Waals surface area contributed by atoms with Gasteiger partial charge in [-0.15, -0.1) is 0 Å². The lowest BCUT2D eigenvalue weighted by molar-refractivity contribution is 0.0761. The van der Waals surface area contributed by atoms with Gasteiger partial charge < -0.3 is 9.64 Å². The molecule has 0 spiro atoms. The van der Waals surface area contributed by atoms with Crippen LogP contribution in [0.25, 0.3) is 0 Å². The Morgan fingerprint density at radius 2 is 1.68 bits per heavy atom. The van der Waals surface area contributed by atoms with Crippen molar-refractivity contribution in [3.63, 3.8) is 0 Å². The minimum absolute atomic E-state index is 0.0569. The van der Waals surface area contributed by atoms with Crippen molar-refractivity contribution in [3.05, 3.63) is 52.5 Å². The molecule has 1 N–H and O–H groups in total. The number of halogens is 1. The van der Waals surface area contributed by atoms with E-state index in [9.17, 15) is 13.2 Å². The smallest absolute Gasteiger partial charge is 0.265 e. The molecular weight excluding hydrogens is 444 g/mol. The van der Waals surface area contributed by atoms with Crippen LogP contribution >= 0.6 is 15.9 Å². The fourth-order valence-corrected chi connectivity index (χ4v) is 4.72. The number of carbonyl (C=O) groups is 1. The highest BCUT2D eigenvalue weighted by Gasteiger charge is 2.24. The third-order valence-electron chi connectivity index (χ3n) is 4.69. The van der Waals surface area contributed by atoms with E-state index in [1.807, 2.05) is 0 Å². The molecule has 8 heteroatoms. The fourth-order valence-electron chi connectivity index (χ4n) is 3.20. The summed E-state index contributed by atoms with van der Waals surface area (Å²) in [5.41, 5.74) is 0.772. The second-order valence-corrected chi connectivity index (χ2v) is 9.25. The molecule has 1 heterocycles. The third kappa shape index (κ3) is 4.86. The van der Waals surface area contributed by atoms with Crippen LogP contribution in [0.2, 0.25) is 0 Å². The summed E-state index contributed by atoms with van der Waals surface area (Å²) in [6.07, 6.45) is 4.17. The maximum Gasteiger partial charge on any atom is 0.265 e. The zero-order valence-electron chi connectivity index (χ0n) is 15.7.